The van der Waals surface area contributed by atoms with Crippen molar-refractivity contribution in [3.63, 3.8) is 0 Å². The molecule has 1 fully saturated rings. The van der Waals surface area contributed by atoms with Crippen LogP contribution in [-0.2, 0) is 9.59 Å². The summed E-state index contributed by atoms with van der Waals surface area (Å²) in [5, 5.41) is 6.67. The lowest BCUT2D eigenvalue weighted by Gasteiger charge is -2.31. The van der Waals surface area contributed by atoms with Crippen LogP contribution in [0.15, 0.2) is 36.4 Å². The quantitative estimate of drug-likeness (QED) is 0.582. The second kappa shape index (κ2) is 9.44. The van der Waals surface area contributed by atoms with E-state index in [9.17, 15) is 9.59 Å². The van der Waals surface area contributed by atoms with E-state index in [4.69, 9.17) is 14.5 Å². The van der Waals surface area contributed by atoms with Gasteiger partial charge in [0.2, 0.25) is 11.8 Å². The molecule has 0 aliphatic carbocycles. The third-order valence-corrected chi connectivity index (χ3v) is 6.58. The van der Waals surface area contributed by atoms with Gasteiger partial charge in [-0.15, -0.1) is 0 Å². The van der Waals surface area contributed by atoms with Gasteiger partial charge in [0, 0.05) is 31.6 Å². The van der Waals surface area contributed by atoms with Crippen LogP contribution < -0.4 is 25.0 Å². The van der Waals surface area contributed by atoms with Gasteiger partial charge < -0.3 is 25.0 Å². The van der Waals surface area contributed by atoms with E-state index >= 15 is 0 Å². The van der Waals surface area contributed by atoms with Crippen molar-refractivity contribution < 1.29 is 19.1 Å². The summed E-state index contributed by atoms with van der Waals surface area (Å²) in [5.41, 5.74) is 2.11. The molecule has 0 bridgehead atoms. The first-order chi connectivity index (χ1) is 15.5. The van der Waals surface area contributed by atoms with Gasteiger partial charge in [0.1, 0.15) is 11.5 Å². The number of thiazole rings is 1. The summed E-state index contributed by atoms with van der Waals surface area (Å²) in [6.45, 7) is 2.97. The molecule has 1 aromatic heterocycles. The van der Waals surface area contributed by atoms with E-state index in [-0.39, 0.29) is 17.7 Å². The summed E-state index contributed by atoms with van der Waals surface area (Å²) in [4.78, 5) is 31.2. The zero-order chi connectivity index (χ0) is 22.7. The smallest absolute Gasteiger partial charge is 0.227 e. The first kappa shape index (κ1) is 21.9. The zero-order valence-electron chi connectivity index (χ0n) is 18.3. The summed E-state index contributed by atoms with van der Waals surface area (Å²) >= 11 is 1.64. The number of benzene rings is 2. The number of aromatic nitrogens is 1. The number of hydrogen-bond donors (Lipinski definition) is 2. The van der Waals surface area contributed by atoms with Crippen molar-refractivity contribution in [2.75, 3.05) is 42.8 Å². The van der Waals surface area contributed by atoms with Crippen LogP contribution in [0.3, 0.4) is 0 Å². The minimum Gasteiger partial charge on any atom is -0.497 e. The van der Waals surface area contributed by atoms with Crippen molar-refractivity contribution in [3.05, 3.63) is 36.4 Å². The molecule has 2 N–H and O–H groups in total. The number of anilines is 3. The van der Waals surface area contributed by atoms with Crippen LogP contribution in [0.5, 0.6) is 11.5 Å². The van der Waals surface area contributed by atoms with E-state index < -0.39 is 0 Å². The van der Waals surface area contributed by atoms with Crippen molar-refractivity contribution in [2.24, 2.45) is 5.92 Å². The average Bonchev–Trinajstić information content (AvgIpc) is 3.22. The van der Waals surface area contributed by atoms with Crippen LogP contribution in [0, 0.1) is 5.92 Å². The fourth-order valence-corrected chi connectivity index (χ4v) is 4.86. The summed E-state index contributed by atoms with van der Waals surface area (Å²) in [5.74, 6) is 1.05. The van der Waals surface area contributed by atoms with E-state index in [1.807, 2.05) is 18.2 Å². The van der Waals surface area contributed by atoms with Crippen molar-refractivity contribution >= 4 is 49.9 Å². The molecular formula is C23H26N4O4S. The summed E-state index contributed by atoms with van der Waals surface area (Å²) in [6.07, 6.45) is 1.47. The van der Waals surface area contributed by atoms with Gasteiger partial charge >= 0.3 is 0 Å². The van der Waals surface area contributed by atoms with E-state index in [0.29, 0.717) is 17.1 Å². The highest BCUT2D eigenvalue weighted by molar-refractivity contribution is 7.22. The summed E-state index contributed by atoms with van der Waals surface area (Å²) in [6, 6.07) is 11.1. The zero-order valence-corrected chi connectivity index (χ0v) is 19.1. The number of piperidine rings is 1. The van der Waals surface area contributed by atoms with Crippen LogP contribution in [0.4, 0.5) is 16.5 Å². The number of rotatable bonds is 6. The van der Waals surface area contributed by atoms with Gasteiger partial charge in [-0.25, -0.2) is 4.98 Å². The van der Waals surface area contributed by atoms with E-state index in [1.165, 1.54) is 6.92 Å². The number of fused-ring (bicyclic) bond motifs is 1. The average molecular weight is 455 g/mol. The van der Waals surface area contributed by atoms with Gasteiger partial charge in [0.25, 0.3) is 0 Å². The van der Waals surface area contributed by atoms with Crippen molar-refractivity contribution in [3.8, 4) is 11.5 Å². The normalized spacial score (nSPS) is 14.3. The molecule has 2 amide bonds. The molecule has 3 aromatic rings. The largest absolute Gasteiger partial charge is 0.497 e. The number of methoxy groups -OCH3 is 2. The molecule has 1 saturated heterocycles. The predicted molar refractivity (Wildman–Crippen MR) is 127 cm³/mol. The first-order valence-electron chi connectivity index (χ1n) is 10.4. The number of carbonyl (C=O) groups excluding carboxylic acids is 2. The van der Waals surface area contributed by atoms with Crippen molar-refractivity contribution in [2.45, 2.75) is 19.8 Å². The highest BCUT2D eigenvalue weighted by Gasteiger charge is 2.27. The Labute approximate surface area is 190 Å². The molecular weight excluding hydrogens is 428 g/mol. The maximum Gasteiger partial charge on any atom is 0.227 e. The van der Waals surface area contributed by atoms with Crippen LogP contribution >= 0.6 is 11.3 Å². The number of ether oxygens (including phenoxy) is 2. The third kappa shape index (κ3) is 4.77. The Kier molecular flexibility index (Phi) is 6.45. The van der Waals surface area contributed by atoms with Gasteiger partial charge in [-0.05, 0) is 49.2 Å². The monoisotopic (exact) mass is 454 g/mol. The van der Waals surface area contributed by atoms with Gasteiger partial charge in [0.15, 0.2) is 5.13 Å². The number of hydrogen-bond acceptors (Lipinski definition) is 7. The maximum absolute atomic E-state index is 12.9. The summed E-state index contributed by atoms with van der Waals surface area (Å²) < 4.78 is 11.8. The summed E-state index contributed by atoms with van der Waals surface area (Å²) in [7, 11) is 3.21. The Balaban J connectivity index is 1.40. The number of nitrogens with zero attached hydrogens (tertiary/aromatic N) is 2. The number of nitrogens with one attached hydrogen (secondary N) is 2. The maximum atomic E-state index is 12.9. The Morgan fingerprint density at radius 2 is 1.84 bits per heavy atom. The lowest BCUT2D eigenvalue weighted by atomic mass is 9.96. The van der Waals surface area contributed by atoms with Crippen LogP contribution in [-0.4, -0.2) is 44.1 Å². The second-order valence-electron chi connectivity index (χ2n) is 7.68. The Hall–Kier alpha value is -3.33. The Morgan fingerprint density at radius 3 is 2.53 bits per heavy atom. The van der Waals surface area contributed by atoms with Gasteiger partial charge in [-0.2, -0.15) is 0 Å². The predicted octanol–water partition coefficient (Wildman–Crippen LogP) is 4.13. The Morgan fingerprint density at radius 1 is 1.06 bits per heavy atom. The van der Waals surface area contributed by atoms with E-state index in [1.54, 1.807) is 43.8 Å². The molecule has 2 heterocycles. The fourth-order valence-electron chi connectivity index (χ4n) is 3.81. The molecule has 1 aliphatic rings. The highest BCUT2D eigenvalue weighted by Crippen LogP contribution is 2.34. The molecule has 0 saturated carbocycles. The molecule has 8 nitrogen and oxygen atoms in total. The van der Waals surface area contributed by atoms with E-state index in [2.05, 4.69) is 15.5 Å². The van der Waals surface area contributed by atoms with Gasteiger partial charge in [0.05, 0.1) is 30.1 Å². The molecule has 0 unspecified atom stereocenters. The molecule has 32 heavy (non-hydrogen) atoms. The highest BCUT2D eigenvalue weighted by atomic mass is 32.1. The molecule has 0 spiro atoms. The van der Waals surface area contributed by atoms with Crippen LogP contribution in [0.1, 0.15) is 19.8 Å². The fraction of sp³-hybridized carbons (Fsp3) is 0.348. The third-order valence-electron chi connectivity index (χ3n) is 5.50. The second-order valence-corrected chi connectivity index (χ2v) is 8.69. The standard InChI is InChI=1S/C23H26N4O4S/c1-14(28)24-16-4-7-20(31-3)19(12-16)25-22(29)15-8-10-27(11-9-15)23-26-18-6-5-17(30-2)13-21(18)32-23/h4-7,12-13,15H,8-11H2,1-3H3,(H,24,28)(H,25,29). The van der Waals surface area contributed by atoms with Gasteiger partial charge in [-0.1, -0.05) is 11.3 Å². The molecule has 0 atom stereocenters. The van der Waals surface area contributed by atoms with E-state index in [0.717, 1.165) is 47.0 Å². The molecule has 9 heteroatoms. The minimum atomic E-state index is -0.173. The SMILES string of the molecule is COc1ccc2nc(N3CCC(C(=O)Nc4cc(NC(C)=O)ccc4OC)CC3)sc2c1. The van der Waals surface area contributed by atoms with Crippen LogP contribution in [0.25, 0.3) is 10.2 Å². The molecule has 4 rings (SSSR count). The topological polar surface area (TPSA) is 92.8 Å². The number of amides is 2. The van der Waals surface area contributed by atoms with Crippen molar-refractivity contribution in [1.82, 2.24) is 4.98 Å². The molecule has 0 radical (unpaired) electrons. The molecule has 168 valence electrons. The van der Waals surface area contributed by atoms with Crippen molar-refractivity contribution in [1.29, 1.82) is 0 Å². The first-order valence-corrected chi connectivity index (χ1v) is 11.2. The Bertz CT molecular complexity index is 1140. The molecule has 1 aliphatic heterocycles. The lowest BCUT2D eigenvalue weighted by molar-refractivity contribution is -0.120. The lowest BCUT2D eigenvalue weighted by Crippen LogP contribution is -2.38. The number of carbonyl (C=O) groups is 2. The van der Waals surface area contributed by atoms with Crippen LogP contribution in [0.2, 0.25) is 0 Å². The molecule has 2 aromatic carbocycles. The van der Waals surface area contributed by atoms with Gasteiger partial charge in [-0.3, -0.25) is 9.59 Å². The minimum absolute atomic E-state index is 0.0445.